The highest BCUT2D eigenvalue weighted by molar-refractivity contribution is 5.86. The van der Waals surface area contributed by atoms with Crippen LogP contribution in [0.25, 0.3) is 10.9 Å². The number of para-hydroxylation sites is 1. The van der Waals surface area contributed by atoms with Crippen LogP contribution in [-0.2, 0) is 16.0 Å². The number of carboxylic acid groups (broad SMARTS) is 1. The maximum atomic E-state index is 13.1. The van der Waals surface area contributed by atoms with Crippen molar-refractivity contribution in [3.05, 3.63) is 76.8 Å². The summed E-state index contributed by atoms with van der Waals surface area (Å²) in [5.41, 5.74) is 1.03. The Bertz CT molecular complexity index is 1090. The summed E-state index contributed by atoms with van der Waals surface area (Å²) < 4.78 is 1.30. The molecule has 0 spiro atoms. The lowest BCUT2D eigenvalue weighted by molar-refractivity contribution is -0.142. The van der Waals surface area contributed by atoms with Crippen molar-refractivity contribution in [2.24, 2.45) is 5.92 Å². The van der Waals surface area contributed by atoms with E-state index in [9.17, 15) is 19.5 Å². The van der Waals surface area contributed by atoms with Crippen molar-refractivity contribution in [3.8, 4) is 0 Å². The molecule has 1 amide bonds. The first kappa shape index (κ1) is 21.2. The molecule has 0 radical (unpaired) electrons. The summed E-state index contributed by atoms with van der Waals surface area (Å²) in [6, 6.07) is 14.1. The van der Waals surface area contributed by atoms with Crippen molar-refractivity contribution in [1.82, 2.24) is 14.9 Å². The van der Waals surface area contributed by atoms with Crippen LogP contribution >= 0.6 is 0 Å². The Morgan fingerprint density at radius 3 is 2.40 bits per heavy atom. The zero-order valence-electron chi connectivity index (χ0n) is 17.0. The first-order chi connectivity index (χ1) is 14.4. The third-order valence-corrected chi connectivity index (χ3v) is 4.92. The van der Waals surface area contributed by atoms with Crippen LogP contribution < -0.4 is 10.9 Å². The molecule has 0 aliphatic rings. The number of hydrogen-bond acceptors (Lipinski definition) is 4. The number of carbonyl (C=O) groups is 2. The lowest BCUT2D eigenvalue weighted by atomic mass is 10.0. The van der Waals surface area contributed by atoms with Crippen LogP contribution in [0.4, 0.5) is 0 Å². The minimum atomic E-state index is -1.13. The molecule has 0 unspecified atom stereocenters. The van der Waals surface area contributed by atoms with Crippen LogP contribution in [0.2, 0.25) is 0 Å². The Labute approximate surface area is 174 Å². The van der Waals surface area contributed by atoms with Crippen molar-refractivity contribution >= 4 is 22.8 Å². The van der Waals surface area contributed by atoms with E-state index in [1.54, 1.807) is 24.3 Å². The summed E-state index contributed by atoms with van der Waals surface area (Å²) in [6.07, 6.45) is 1.90. The zero-order valence-corrected chi connectivity index (χ0v) is 17.0. The predicted octanol–water partition coefficient (Wildman–Crippen LogP) is 2.80. The van der Waals surface area contributed by atoms with Gasteiger partial charge in [0.2, 0.25) is 5.91 Å². The molecule has 0 aliphatic carbocycles. The maximum absolute atomic E-state index is 13.1. The van der Waals surface area contributed by atoms with E-state index < -0.39 is 24.0 Å². The highest BCUT2D eigenvalue weighted by atomic mass is 16.4. The predicted molar refractivity (Wildman–Crippen MR) is 114 cm³/mol. The minimum absolute atomic E-state index is 0.108. The molecular weight excluding hydrogens is 382 g/mol. The molecule has 2 aromatic carbocycles. The zero-order chi connectivity index (χ0) is 21.7. The van der Waals surface area contributed by atoms with Gasteiger partial charge in [-0.25, -0.2) is 9.78 Å². The van der Waals surface area contributed by atoms with Crippen LogP contribution in [0.15, 0.2) is 65.7 Å². The molecule has 2 N–H and O–H groups in total. The molecule has 0 bridgehead atoms. The maximum Gasteiger partial charge on any atom is 0.326 e. The average Bonchev–Trinajstić information content (AvgIpc) is 2.73. The fourth-order valence-electron chi connectivity index (χ4n) is 3.42. The van der Waals surface area contributed by atoms with Crippen molar-refractivity contribution < 1.29 is 14.7 Å². The van der Waals surface area contributed by atoms with E-state index in [4.69, 9.17) is 0 Å². The number of aromatic nitrogens is 2. The molecule has 0 aliphatic heterocycles. The van der Waals surface area contributed by atoms with Crippen LogP contribution in [0.1, 0.15) is 31.9 Å². The van der Waals surface area contributed by atoms with Gasteiger partial charge in [0.05, 0.1) is 17.2 Å². The first-order valence-electron chi connectivity index (χ1n) is 9.89. The first-order valence-corrected chi connectivity index (χ1v) is 9.89. The molecule has 1 heterocycles. The van der Waals surface area contributed by atoms with Crippen LogP contribution in [0.5, 0.6) is 0 Å². The normalized spacial score (nSPS) is 13.2. The smallest absolute Gasteiger partial charge is 0.326 e. The number of carboxylic acids is 1. The summed E-state index contributed by atoms with van der Waals surface area (Å²) in [7, 11) is 0. The van der Waals surface area contributed by atoms with Crippen LogP contribution in [-0.4, -0.2) is 32.6 Å². The number of nitrogens with one attached hydrogen (secondary N) is 1. The number of benzene rings is 2. The van der Waals surface area contributed by atoms with Crippen LogP contribution in [0, 0.1) is 5.92 Å². The van der Waals surface area contributed by atoms with Crippen molar-refractivity contribution in [1.29, 1.82) is 0 Å². The summed E-state index contributed by atoms with van der Waals surface area (Å²) >= 11 is 0. The number of aliphatic carboxylic acids is 1. The third kappa shape index (κ3) is 4.92. The second-order valence-electron chi connectivity index (χ2n) is 7.71. The van der Waals surface area contributed by atoms with Gasteiger partial charge in [-0.2, -0.15) is 0 Å². The molecule has 30 heavy (non-hydrogen) atoms. The van der Waals surface area contributed by atoms with E-state index in [1.807, 2.05) is 44.2 Å². The second kappa shape index (κ2) is 9.35. The van der Waals surface area contributed by atoms with E-state index in [0.717, 1.165) is 5.56 Å². The lowest BCUT2D eigenvalue weighted by Crippen LogP contribution is -2.47. The lowest BCUT2D eigenvalue weighted by Gasteiger charge is -2.23. The van der Waals surface area contributed by atoms with Crippen molar-refractivity contribution in [3.63, 3.8) is 0 Å². The number of nitrogens with zero attached hydrogens (tertiary/aromatic N) is 2. The summed E-state index contributed by atoms with van der Waals surface area (Å²) in [4.78, 5) is 42.2. The molecule has 3 rings (SSSR count). The molecule has 3 aromatic rings. The van der Waals surface area contributed by atoms with Gasteiger partial charge in [-0.05, 0) is 30.0 Å². The Morgan fingerprint density at radius 1 is 1.07 bits per heavy atom. The fraction of sp³-hybridized carbons (Fsp3) is 0.304. The highest BCUT2D eigenvalue weighted by Crippen LogP contribution is 2.18. The molecule has 0 saturated heterocycles. The average molecular weight is 407 g/mol. The van der Waals surface area contributed by atoms with E-state index >= 15 is 0 Å². The Morgan fingerprint density at radius 2 is 1.73 bits per heavy atom. The number of fused-ring (bicyclic) bond motifs is 1. The number of hydrogen-bond donors (Lipinski definition) is 2. The fourth-order valence-corrected chi connectivity index (χ4v) is 3.42. The second-order valence-corrected chi connectivity index (χ2v) is 7.71. The van der Waals surface area contributed by atoms with E-state index in [1.165, 1.54) is 10.9 Å². The number of carbonyl (C=O) groups excluding carboxylic acids is 1. The third-order valence-electron chi connectivity index (χ3n) is 4.92. The van der Waals surface area contributed by atoms with Gasteiger partial charge in [-0.3, -0.25) is 14.2 Å². The molecular formula is C23H25N3O4. The van der Waals surface area contributed by atoms with Crippen molar-refractivity contribution in [2.75, 3.05) is 0 Å². The number of rotatable bonds is 8. The van der Waals surface area contributed by atoms with Gasteiger partial charge >= 0.3 is 5.97 Å². The van der Waals surface area contributed by atoms with E-state index in [-0.39, 0.29) is 17.9 Å². The minimum Gasteiger partial charge on any atom is -0.480 e. The summed E-state index contributed by atoms with van der Waals surface area (Å²) in [5, 5.41) is 12.7. The quantitative estimate of drug-likeness (QED) is 0.598. The van der Waals surface area contributed by atoms with Gasteiger partial charge in [-0.15, -0.1) is 0 Å². The van der Waals surface area contributed by atoms with Gasteiger partial charge in [-0.1, -0.05) is 56.3 Å². The standard InChI is InChI=1S/C23H25N3O4/c1-15(2)12-20(26-14-24-18-11-7-6-10-17(18)22(26)28)21(27)25-19(23(29)30)13-16-8-4-3-5-9-16/h3-11,14-15,19-20H,12-13H2,1-2H3,(H,25,27)(H,29,30)/t19-,20-/m0/s1. The Balaban J connectivity index is 1.91. The molecule has 0 fully saturated rings. The van der Waals surface area contributed by atoms with Gasteiger partial charge in [0.1, 0.15) is 12.1 Å². The largest absolute Gasteiger partial charge is 0.480 e. The molecule has 156 valence electrons. The number of amides is 1. The molecule has 7 nitrogen and oxygen atoms in total. The molecule has 7 heteroatoms. The van der Waals surface area contributed by atoms with Crippen molar-refractivity contribution in [2.45, 2.75) is 38.8 Å². The van der Waals surface area contributed by atoms with E-state index in [2.05, 4.69) is 10.3 Å². The summed E-state index contributed by atoms with van der Waals surface area (Å²) in [6.45, 7) is 3.89. The SMILES string of the molecule is CC(C)C[C@@H](C(=O)N[C@@H](Cc1ccccc1)C(=O)O)n1cnc2ccccc2c1=O. The molecule has 2 atom stereocenters. The van der Waals surface area contributed by atoms with Gasteiger partial charge < -0.3 is 10.4 Å². The summed E-state index contributed by atoms with van der Waals surface area (Å²) in [5.74, 6) is -1.53. The van der Waals surface area contributed by atoms with E-state index in [0.29, 0.717) is 17.3 Å². The van der Waals surface area contributed by atoms with Gasteiger partial charge in [0, 0.05) is 6.42 Å². The van der Waals surface area contributed by atoms with Gasteiger partial charge in [0.15, 0.2) is 0 Å². The topological polar surface area (TPSA) is 101 Å². The van der Waals surface area contributed by atoms with Crippen LogP contribution in [0.3, 0.4) is 0 Å². The Kier molecular flexibility index (Phi) is 6.61. The monoisotopic (exact) mass is 407 g/mol. The highest BCUT2D eigenvalue weighted by Gasteiger charge is 2.28. The Hall–Kier alpha value is -3.48. The molecule has 1 aromatic heterocycles. The van der Waals surface area contributed by atoms with Gasteiger partial charge in [0.25, 0.3) is 5.56 Å². The molecule has 0 saturated carbocycles.